The van der Waals surface area contributed by atoms with E-state index in [9.17, 15) is 18.3 Å². The van der Waals surface area contributed by atoms with Gasteiger partial charge in [0.2, 0.25) is 15.9 Å². The largest absolute Gasteiger partial charge is 0.390 e. The van der Waals surface area contributed by atoms with Crippen LogP contribution in [-0.4, -0.2) is 36.6 Å². The van der Waals surface area contributed by atoms with Crippen LogP contribution in [0.4, 0.5) is 0 Å². The van der Waals surface area contributed by atoms with Crippen LogP contribution in [-0.2, 0) is 14.8 Å². The molecule has 4 saturated carbocycles. The lowest BCUT2D eigenvalue weighted by atomic mass is 9.52. The number of sulfonamides is 1. The summed E-state index contributed by atoms with van der Waals surface area (Å²) >= 11 is 0. The Bertz CT molecular complexity index is 907. The Balaban J connectivity index is 1.45. The normalized spacial score (nSPS) is 33.1. The van der Waals surface area contributed by atoms with E-state index in [2.05, 4.69) is 23.9 Å². The van der Waals surface area contributed by atoms with Gasteiger partial charge in [-0.25, -0.2) is 8.42 Å². The molecule has 2 atom stereocenters. The summed E-state index contributed by atoms with van der Waals surface area (Å²) in [4.78, 5) is 13.2. The highest BCUT2D eigenvalue weighted by Gasteiger charge is 2.55. The summed E-state index contributed by atoms with van der Waals surface area (Å²) in [7, 11) is -3.83. The second kappa shape index (κ2) is 7.31. The molecular formula is C23H34N2O4S. The second-order valence-electron chi connectivity index (χ2n) is 10.6. The molecule has 0 radical (unpaired) electrons. The number of rotatable bonds is 6. The van der Waals surface area contributed by atoms with Crippen molar-refractivity contribution in [2.75, 3.05) is 0 Å². The van der Waals surface area contributed by atoms with E-state index in [1.165, 1.54) is 0 Å². The lowest BCUT2D eigenvalue weighted by Crippen LogP contribution is -2.65. The van der Waals surface area contributed by atoms with E-state index in [4.69, 9.17) is 0 Å². The van der Waals surface area contributed by atoms with Gasteiger partial charge in [-0.05, 0) is 87.3 Å². The number of nitrogens with one attached hydrogen (secondary N) is 2. The summed E-state index contributed by atoms with van der Waals surface area (Å²) < 4.78 is 28.4. The Labute approximate surface area is 179 Å². The minimum absolute atomic E-state index is 0.0171. The highest BCUT2D eigenvalue weighted by molar-refractivity contribution is 7.89. The molecule has 166 valence electrons. The van der Waals surface area contributed by atoms with Gasteiger partial charge in [-0.3, -0.25) is 4.79 Å². The molecule has 1 aromatic carbocycles. The number of hydrogen-bond donors (Lipinski definition) is 3. The Morgan fingerprint density at radius 3 is 2.17 bits per heavy atom. The highest BCUT2D eigenvalue weighted by atomic mass is 32.2. The van der Waals surface area contributed by atoms with Crippen molar-refractivity contribution in [3.8, 4) is 0 Å². The molecule has 4 aliphatic rings. The smallest absolute Gasteiger partial charge is 0.241 e. The molecule has 1 amide bonds. The van der Waals surface area contributed by atoms with Crippen molar-refractivity contribution in [1.82, 2.24) is 10.0 Å². The molecule has 0 heterocycles. The summed E-state index contributed by atoms with van der Waals surface area (Å²) in [5.74, 6) is 1.12. The van der Waals surface area contributed by atoms with Crippen LogP contribution >= 0.6 is 0 Å². The number of aliphatic hydroxyl groups is 1. The van der Waals surface area contributed by atoms with Gasteiger partial charge in [-0.1, -0.05) is 26.0 Å². The fraction of sp³-hybridized carbons (Fsp3) is 0.696. The maximum Gasteiger partial charge on any atom is 0.241 e. The minimum atomic E-state index is -3.83. The fourth-order valence-corrected chi connectivity index (χ4v) is 7.40. The predicted octanol–water partition coefficient (Wildman–Crippen LogP) is 2.92. The number of amides is 1. The Morgan fingerprint density at radius 2 is 1.67 bits per heavy atom. The first-order valence-electron chi connectivity index (χ1n) is 11.1. The third-order valence-corrected chi connectivity index (χ3v) is 9.02. The number of carbonyl (C=O) groups excluding carboxylic acids is 1. The van der Waals surface area contributed by atoms with Crippen molar-refractivity contribution < 1.29 is 18.3 Å². The molecule has 2 unspecified atom stereocenters. The van der Waals surface area contributed by atoms with Gasteiger partial charge in [0, 0.05) is 6.04 Å². The summed E-state index contributed by atoms with van der Waals surface area (Å²) in [6.45, 7) is 7.31. The van der Waals surface area contributed by atoms with Crippen LogP contribution < -0.4 is 10.0 Å². The van der Waals surface area contributed by atoms with Crippen molar-refractivity contribution in [3.05, 3.63) is 29.8 Å². The lowest BCUT2D eigenvalue weighted by molar-refractivity contribution is -0.148. The monoisotopic (exact) mass is 434 g/mol. The van der Waals surface area contributed by atoms with Crippen LogP contribution in [0.15, 0.2) is 29.2 Å². The second-order valence-corrected chi connectivity index (χ2v) is 12.3. The number of benzene rings is 1. The molecule has 7 heteroatoms. The van der Waals surface area contributed by atoms with E-state index in [1.807, 2.05) is 12.1 Å². The summed E-state index contributed by atoms with van der Waals surface area (Å²) in [5.41, 5.74) is -0.771. The maximum atomic E-state index is 13.1. The summed E-state index contributed by atoms with van der Waals surface area (Å²) in [6, 6.07) is 6.81. The summed E-state index contributed by atoms with van der Waals surface area (Å²) in [6.07, 6.45) is 4.44. The van der Waals surface area contributed by atoms with Gasteiger partial charge in [0.25, 0.3) is 0 Å². The lowest BCUT2D eigenvalue weighted by Gasteiger charge is -2.58. The Morgan fingerprint density at radius 1 is 1.10 bits per heavy atom. The van der Waals surface area contributed by atoms with Crippen LogP contribution in [0.3, 0.4) is 0 Å². The molecule has 30 heavy (non-hydrogen) atoms. The molecule has 6 nitrogen and oxygen atoms in total. The Kier molecular flexibility index (Phi) is 5.31. The van der Waals surface area contributed by atoms with Crippen molar-refractivity contribution >= 4 is 15.9 Å². The summed E-state index contributed by atoms with van der Waals surface area (Å²) in [5, 5.41) is 13.9. The van der Waals surface area contributed by atoms with Crippen molar-refractivity contribution in [1.29, 1.82) is 0 Å². The average Bonchev–Trinajstić information content (AvgIpc) is 2.62. The zero-order chi connectivity index (χ0) is 21.9. The molecule has 4 aliphatic carbocycles. The van der Waals surface area contributed by atoms with E-state index >= 15 is 0 Å². The molecule has 0 aromatic heterocycles. The van der Waals surface area contributed by atoms with Crippen molar-refractivity contribution in [2.24, 2.45) is 17.8 Å². The molecule has 4 fully saturated rings. The molecular weight excluding hydrogens is 400 g/mol. The van der Waals surface area contributed by atoms with Crippen LogP contribution in [0.1, 0.15) is 71.3 Å². The zero-order valence-corrected chi connectivity index (χ0v) is 19.1. The van der Waals surface area contributed by atoms with Crippen molar-refractivity contribution in [2.45, 2.75) is 87.8 Å². The molecule has 1 aromatic rings. The minimum Gasteiger partial charge on any atom is -0.390 e. The van der Waals surface area contributed by atoms with Gasteiger partial charge in [0.05, 0.1) is 10.5 Å². The molecule has 5 rings (SSSR count). The quantitative estimate of drug-likeness (QED) is 0.641. The number of carbonyl (C=O) groups is 1. The van der Waals surface area contributed by atoms with Crippen LogP contribution in [0.2, 0.25) is 0 Å². The van der Waals surface area contributed by atoms with Gasteiger partial charge >= 0.3 is 0 Å². The molecule has 3 N–H and O–H groups in total. The van der Waals surface area contributed by atoms with Crippen LogP contribution in [0.5, 0.6) is 0 Å². The van der Waals surface area contributed by atoms with E-state index in [0.29, 0.717) is 11.8 Å². The first-order valence-corrected chi connectivity index (χ1v) is 12.5. The van der Waals surface area contributed by atoms with E-state index in [-0.39, 0.29) is 28.7 Å². The fourth-order valence-electron chi connectivity index (χ4n) is 6.02. The van der Waals surface area contributed by atoms with E-state index in [0.717, 1.165) is 37.7 Å². The van der Waals surface area contributed by atoms with Gasteiger partial charge in [-0.15, -0.1) is 0 Å². The first kappa shape index (κ1) is 21.8. The average molecular weight is 435 g/mol. The predicted molar refractivity (Wildman–Crippen MR) is 115 cm³/mol. The van der Waals surface area contributed by atoms with Crippen LogP contribution in [0, 0.1) is 17.8 Å². The van der Waals surface area contributed by atoms with Crippen LogP contribution in [0.25, 0.3) is 0 Å². The van der Waals surface area contributed by atoms with E-state index < -0.39 is 21.2 Å². The third kappa shape index (κ3) is 4.04. The molecule has 4 bridgehead atoms. The third-order valence-electron chi connectivity index (χ3n) is 7.35. The van der Waals surface area contributed by atoms with Gasteiger partial charge in [-0.2, -0.15) is 4.72 Å². The van der Waals surface area contributed by atoms with E-state index in [1.54, 1.807) is 26.0 Å². The highest BCUT2D eigenvalue weighted by Crippen LogP contribution is 2.55. The topological polar surface area (TPSA) is 95.5 Å². The standard InChI is InChI=1S/C23H34N2O4S/c1-14(2)16-5-7-19(8-6-16)30(28,29)25-22(3,4)21(26)24-20-17-9-15-10-18(20)13-23(27,11-15)12-17/h5-8,14-15,17-18,20,25,27H,9-13H2,1-4H3,(H,24,26). The molecule has 0 saturated heterocycles. The molecule has 0 aliphatic heterocycles. The Hall–Kier alpha value is -1.44. The van der Waals surface area contributed by atoms with Gasteiger partial charge in [0.1, 0.15) is 5.54 Å². The van der Waals surface area contributed by atoms with Crippen molar-refractivity contribution in [3.63, 3.8) is 0 Å². The first-order chi connectivity index (χ1) is 13.9. The molecule has 0 spiro atoms. The number of hydrogen-bond acceptors (Lipinski definition) is 4. The van der Waals surface area contributed by atoms with Gasteiger partial charge in [0.15, 0.2) is 0 Å². The zero-order valence-electron chi connectivity index (χ0n) is 18.3. The maximum absolute atomic E-state index is 13.1. The van der Waals surface area contributed by atoms with Gasteiger partial charge < -0.3 is 10.4 Å². The SMILES string of the molecule is CC(C)c1ccc(S(=O)(=O)NC(C)(C)C(=O)NC2C3CC4CC2CC(O)(C4)C3)cc1.